The lowest BCUT2D eigenvalue weighted by Crippen LogP contribution is -2.32. The number of carbonyl (C=O) groups excluding carboxylic acids is 1. The summed E-state index contributed by atoms with van der Waals surface area (Å²) < 4.78 is 4.60. The van der Waals surface area contributed by atoms with Gasteiger partial charge in [0.1, 0.15) is 5.82 Å². The van der Waals surface area contributed by atoms with Gasteiger partial charge in [-0.15, -0.1) is 0 Å². The molecule has 1 atom stereocenters. The summed E-state index contributed by atoms with van der Waals surface area (Å²) >= 11 is 0. The first-order valence-electron chi connectivity index (χ1n) is 6.43. The Hall–Kier alpha value is -1.69. The first kappa shape index (κ1) is 15.4. The molecule has 6 nitrogen and oxygen atoms in total. The number of methoxy groups -OCH3 is 1. The van der Waals surface area contributed by atoms with Crippen LogP contribution in [0.2, 0.25) is 0 Å². The third-order valence-electron chi connectivity index (χ3n) is 3.14. The van der Waals surface area contributed by atoms with E-state index in [0.29, 0.717) is 11.9 Å². The monoisotopic (exact) mass is 266 g/mol. The molecule has 6 heteroatoms. The van der Waals surface area contributed by atoms with E-state index in [0.717, 1.165) is 19.5 Å². The van der Waals surface area contributed by atoms with Crippen LogP contribution in [-0.2, 0) is 4.74 Å². The molecular formula is C13H22N4O2. The molecule has 0 fully saturated rings. The van der Waals surface area contributed by atoms with Crippen LogP contribution < -0.4 is 5.32 Å². The number of esters is 1. The van der Waals surface area contributed by atoms with Gasteiger partial charge in [0.2, 0.25) is 0 Å². The topological polar surface area (TPSA) is 67.4 Å². The molecule has 1 unspecified atom stereocenters. The Morgan fingerprint density at radius 3 is 2.89 bits per heavy atom. The van der Waals surface area contributed by atoms with Crippen molar-refractivity contribution in [1.82, 2.24) is 14.9 Å². The lowest BCUT2D eigenvalue weighted by molar-refractivity contribution is 0.0593. The molecule has 0 bridgehead atoms. The number of carbonyl (C=O) groups is 1. The van der Waals surface area contributed by atoms with Crippen molar-refractivity contribution in [2.75, 3.05) is 32.6 Å². The SMILES string of the molecule is CCC(C)N(C)CCNc1cncc(C(=O)OC)n1. The standard InChI is InChI=1S/C13H22N4O2/c1-5-10(2)17(3)7-6-15-12-9-14-8-11(16-12)13(18)19-4/h8-10H,5-7H2,1-4H3,(H,15,16). The van der Waals surface area contributed by atoms with Gasteiger partial charge >= 0.3 is 5.97 Å². The highest BCUT2D eigenvalue weighted by atomic mass is 16.5. The van der Waals surface area contributed by atoms with E-state index in [1.165, 1.54) is 13.3 Å². The molecule has 0 aromatic carbocycles. The molecule has 0 aliphatic carbocycles. The number of aromatic nitrogens is 2. The third kappa shape index (κ3) is 4.82. The van der Waals surface area contributed by atoms with E-state index in [1.807, 2.05) is 0 Å². The number of likely N-dealkylation sites (N-methyl/N-ethyl adjacent to an activating group) is 1. The van der Waals surface area contributed by atoms with Crippen molar-refractivity contribution in [3.05, 3.63) is 18.1 Å². The van der Waals surface area contributed by atoms with E-state index < -0.39 is 5.97 Å². The third-order valence-corrected chi connectivity index (χ3v) is 3.14. The Kier molecular flexibility index (Phi) is 6.21. The highest BCUT2D eigenvalue weighted by Crippen LogP contribution is 2.04. The quantitative estimate of drug-likeness (QED) is 0.753. The number of hydrogen-bond donors (Lipinski definition) is 1. The summed E-state index contributed by atoms with van der Waals surface area (Å²) in [5, 5.41) is 3.15. The van der Waals surface area contributed by atoms with Crippen molar-refractivity contribution in [3.8, 4) is 0 Å². The molecule has 0 saturated carbocycles. The molecule has 0 aliphatic heterocycles. The molecule has 1 aromatic heterocycles. The molecule has 19 heavy (non-hydrogen) atoms. The van der Waals surface area contributed by atoms with Crippen LogP contribution in [-0.4, -0.2) is 54.1 Å². The average Bonchev–Trinajstić information content (AvgIpc) is 2.45. The van der Waals surface area contributed by atoms with Crippen LogP contribution in [0.3, 0.4) is 0 Å². The predicted octanol–water partition coefficient (Wildman–Crippen LogP) is 1.41. The van der Waals surface area contributed by atoms with Crippen LogP contribution in [0.5, 0.6) is 0 Å². The molecule has 0 saturated heterocycles. The van der Waals surface area contributed by atoms with E-state index >= 15 is 0 Å². The zero-order chi connectivity index (χ0) is 14.3. The summed E-state index contributed by atoms with van der Waals surface area (Å²) in [6.45, 7) is 6.01. The molecule has 1 N–H and O–H groups in total. The van der Waals surface area contributed by atoms with E-state index in [-0.39, 0.29) is 5.69 Å². The molecule has 106 valence electrons. The summed E-state index contributed by atoms with van der Waals surface area (Å²) in [4.78, 5) is 21.7. The van der Waals surface area contributed by atoms with Gasteiger partial charge in [-0.1, -0.05) is 6.92 Å². The molecule has 1 aromatic rings. The zero-order valence-corrected chi connectivity index (χ0v) is 12.0. The lowest BCUT2D eigenvalue weighted by Gasteiger charge is -2.23. The van der Waals surface area contributed by atoms with Gasteiger partial charge in [0.15, 0.2) is 5.69 Å². The fourth-order valence-corrected chi connectivity index (χ4v) is 1.55. The van der Waals surface area contributed by atoms with Crippen LogP contribution in [0, 0.1) is 0 Å². The summed E-state index contributed by atoms with van der Waals surface area (Å²) in [6, 6.07) is 0.550. The van der Waals surface area contributed by atoms with E-state index in [9.17, 15) is 4.79 Å². The van der Waals surface area contributed by atoms with Gasteiger partial charge in [-0.05, 0) is 20.4 Å². The van der Waals surface area contributed by atoms with E-state index in [4.69, 9.17) is 0 Å². The van der Waals surface area contributed by atoms with Gasteiger partial charge in [-0.2, -0.15) is 0 Å². The first-order valence-corrected chi connectivity index (χ1v) is 6.43. The van der Waals surface area contributed by atoms with Crippen LogP contribution in [0.15, 0.2) is 12.4 Å². The minimum Gasteiger partial charge on any atom is -0.464 e. The fraction of sp³-hybridized carbons (Fsp3) is 0.615. The van der Waals surface area contributed by atoms with Crippen molar-refractivity contribution in [1.29, 1.82) is 0 Å². The molecule has 0 aliphatic rings. The Morgan fingerprint density at radius 2 is 2.26 bits per heavy atom. The number of nitrogens with zero attached hydrogens (tertiary/aromatic N) is 3. The number of rotatable bonds is 7. The van der Waals surface area contributed by atoms with Gasteiger partial charge in [0.25, 0.3) is 0 Å². The Morgan fingerprint density at radius 1 is 1.53 bits per heavy atom. The Labute approximate surface area is 114 Å². The number of anilines is 1. The number of ether oxygens (including phenoxy) is 1. The van der Waals surface area contributed by atoms with Crippen LogP contribution >= 0.6 is 0 Å². The van der Waals surface area contributed by atoms with Crippen molar-refractivity contribution in [2.45, 2.75) is 26.3 Å². The van der Waals surface area contributed by atoms with Crippen LogP contribution in [0.1, 0.15) is 30.8 Å². The highest BCUT2D eigenvalue weighted by molar-refractivity contribution is 5.87. The summed E-state index contributed by atoms with van der Waals surface area (Å²) in [6.07, 6.45) is 4.10. The largest absolute Gasteiger partial charge is 0.464 e. The van der Waals surface area contributed by atoms with E-state index in [1.54, 1.807) is 6.20 Å². The molecule has 1 heterocycles. The van der Waals surface area contributed by atoms with Crippen molar-refractivity contribution in [3.63, 3.8) is 0 Å². The molecule has 0 radical (unpaired) electrons. The number of hydrogen-bond acceptors (Lipinski definition) is 6. The minimum atomic E-state index is -0.479. The lowest BCUT2D eigenvalue weighted by atomic mass is 10.2. The Bertz CT molecular complexity index is 411. The summed E-state index contributed by atoms with van der Waals surface area (Å²) in [5.74, 6) is 0.105. The smallest absolute Gasteiger partial charge is 0.358 e. The van der Waals surface area contributed by atoms with Gasteiger partial charge in [-0.25, -0.2) is 9.78 Å². The normalized spacial score (nSPS) is 12.3. The molecule has 0 spiro atoms. The van der Waals surface area contributed by atoms with Crippen molar-refractivity contribution < 1.29 is 9.53 Å². The second-order valence-corrected chi connectivity index (χ2v) is 4.45. The summed E-state index contributed by atoms with van der Waals surface area (Å²) in [5.41, 5.74) is 0.211. The average molecular weight is 266 g/mol. The first-order chi connectivity index (χ1) is 9.08. The molecule has 1 rings (SSSR count). The van der Waals surface area contributed by atoms with Gasteiger partial charge < -0.3 is 15.0 Å². The maximum Gasteiger partial charge on any atom is 0.358 e. The number of nitrogens with one attached hydrogen (secondary N) is 1. The molecule has 0 amide bonds. The maximum atomic E-state index is 11.3. The fourth-order valence-electron chi connectivity index (χ4n) is 1.55. The zero-order valence-electron chi connectivity index (χ0n) is 12.0. The predicted molar refractivity (Wildman–Crippen MR) is 74.2 cm³/mol. The highest BCUT2D eigenvalue weighted by Gasteiger charge is 2.09. The van der Waals surface area contributed by atoms with E-state index in [2.05, 4.69) is 45.8 Å². The van der Waals surface area contributed by atoms with Crippen molar-refractivity contribution >= 4 is 11.8 Å². The van der Waals surface area contributed by atoms with Crippen LogP contribution in [0.25, 0.3) is 0 Å². The second-order valence-electron chi connectivity index (χ2n) is 4.45. The summed E-state index contributed by atoms with van der Waals surface area (Å²) in [7, 11) is 3.41. The second kappa shape index (κ2) is 7.68. The van der Waals surface area contributed by atoms with Gasteiger partial charge in [0.05, 0.1) is 19.5 Å². The van der Waals surface area contributed by atoms with Crippen molar-refractivity contribution in [2.24, 2.45) is 0 Å². The van der Waals surface area contributed by atoms with Gasteiger partial charge in [0, 0.05) is 19.1 Å². The molecular weight excluding hydrogens is 244 g/mol. The van der Waals surface area contributed by atoms with Crippen LogP contribution in [0.4, 0.5) is 5.82 Å². The van der Waals surface area contributed by atoms with Gasteiger partial charge in [-0.3, -0.25) is 4.98 Å². The minimum absolute atomic E-state index is 0.211. The Balaban J connectivity index is 2.47. The maximum absolute atomic E-state index is 11.3.